The maximum Gasteiger partial charge on any atom is 0.338 e. The van der Waals surface area contributed by atoms with Crippen molar-refractivity contribution in [3.63, 3.8) is 0 Å². The van der Waals surface area contributed by atoms with E-state index < -0.39 is 33.8 Å². The first-order chi connectivity index (χ1) is 17.6. The molecule has 11 heteroatoms. The molecule has 0 N–H and O–H groups in total. The van der Waals surface area contributed by atoms with Crippen LogP contribution < -0.4 is 4.90 Å². The van der Waals surface area contributed by atoms with Crippen LogP contribution in [0.4, 0.5) is 5.69 Å². The summed E-state index contributed by atoms with van der Waals surface area (Å²) in [5, 5.41) is 0.335. The summed E-state index contributed by atoms with van der Waals surface area (Å²) in [4.78, 5) is 39.4. The van der Waals surface area contributed by atoms with Crippen molar-refractivity contribution < 1.29 is 27.5 Å². The lowest BCUT2D eigenvalue weighted by atomic mass is 10.2. The summed E-state index contributed by atoms with van der Waals surface area (Å²) in [6.45, 7) is 1.68. The van der Waals surface area contributed by atoms with Crippen LogP contribution in [-0.4, -0.2) is 43.2 Å². The van der Waals surface area contributed by atoms with Gasteiger partial charge in [0, 0.05) is 16.0 Å². The second-order valence-corrected chi connectivity index (χ2v) is 11.4. The van der Waals surface area contributed by atoms with E-state index in [9.17, 15) is 22.8 Å². The zero-order valence-electron chi connectivity index (χ0n) is 19.6. The highest BCUT2D eigenvalue weighted by Gasteiger charge is 2.47. The Kier molecular flexibility index (Phi) is 8.13. The fourth-order valence-electron chi connectivity index (χ4n) is 3.97. The molecule has 0 saturated carbocycles. The Morgan fingerprint density at radius 1 is 1.05 bits per heavy atom. The monoisotopic (exact) mass is 604 g/mol. The second-order valence-electron chi connectivity index (χ2n) is 8.15. The van der Waals surface area contributed by atoms with E-state index in [1.807, 2.05) is 0 Å². The summed E-state index contributed by atoms with van der Waals surface area (Å²) in [5.41, 5.74) is 0.978. The van der Waals surface area contributed by atoms with Crippen LogP contribution in [0, 0.1) is 0 Å². The molecule has 4 rings (SSSR count). The number of esters is 1. The Morgan fingerprint density at radius 3 is 2.32 bits per heavy atom. The number of imide groups is 1. The summed E-state index contributed by atoms with van der Waals surface area (Å²) in [6.07, 6.45) is -0.349. The fourth-order valence-corrected chi connectivity index (χ4v) is 5.99. The predicted octanol–water partition coefficient (Wildman–Crippen LogP) is 4.80. The molecule has 0 radical (unpaired) electrons. The van der Waals surface area contributed by atoms with Gasteiger partial charge in [-0.25, -0.2) is 18.1 Å². The minimum Gasteiger partial charge on any atom is -0.462 e. The van der Waals surface area contributed by atoms with E-state index in [1.54, 1.807) is 43.3 Å². The Labute approximate surface area is 228 Å². The lowest BCUT2D eigenvalue weighted by Gasteiger charge is -2.27. The van der Waals surface area contributed by atoms with Gasteiger partial charge in [0.25, 0.3) is 5.91 Å². The van der Waals surface area contributed by atoms with Crippen LogP contribution in [0.15, 0.2) is 82.2 Å². The van der Waals surface area contributed by atoms with Crippen molar-refractivity contribution in [3.8, 4) is 0 Å². The van der Waals surface area contributed by atoms with Crippen molar-refractivity contribution in [2.75, 3.05) is 11.5 Å². The third-order valence-corrected chi connectivity index (χ3v) is 8.58. The Morgan fingerprint density at radius 2 is 1.70 bits per heavy atom. The number of carbonyl (C=O) groups is 3. The van der Waals surface area contributed by atoms with Crippen molar-refractivity contribution in [2.45, 2.75) is 30.8 Å². The van der Waals surface area contributed by atoms with E-state index in [4.69, 9.17) is 16.3 Å². The standard InChI is InChI=1S/C26H22BrClN2O6S/c1-2-36-26(33)17-7-11-20(12-8-17)30-24(31)15-23(25(30)32)29(16-18-5-3-4-6-22(18)28)37(34,35)21-13-9-19(27)10-14-21/h3-14,23H,2,15-16H2,1H3. The van der Waals surface area contributed by atoms with Gasteiger partial charge in [-0.05, 0) is 67.1 Å². The molecule has 2 amide bonds. The van der Waals surface area contributed by atoms with E-state index >= 15 is 0 Å². The Bertz CT molecular complexity index is 1440. The molecule has 1 saturated heterocycles. The number of ether oxygens (including phenoxy) is 1. The van der Waals surface area contributed by atoms with Gasteiger partial charge in [0.15, 0.2) is 0 Å². The van der Waals surface area contributed by atoms with Crippen molar-refractivity contribution >= 4 is 61.0 Å². The maximum absolute atomic E-state index is 13.8. The van der Waals surface area contributed by atoms with Crippen molar-refractivity contribution in [1.29, 1.82) is 0 Å². The number of halogens is 2. The first-order valence-electron chi connectivity index (χ1n) is 11.3. The van der Waals surface area contributed by atoms with Crippen LogP contribution in [-0.2, 0) is 30.9 Å². The molecule has 0 bridgehead atoms. The lowest BCUT2D eigenvalue weighted by Crippen LogP contribution is -2.45. The number of benzene rings is 3. The molecule has 1 fully saturated rings. The number of amides is 2. The summed E-state index contributed by atoms with van der Waals surface area (Å²) in [6, 6.07) is 17.2. The van der Waals surface area contributed by atoms with Gasteiger partial charge in [-0.3, -0.25) is 9.59 Å². The number of sulfonamides is 1. The molecule has 1 unspecified atom stereocenters. The first kappa shape index (κ1) is 27.0. The van der Waals surface area contributed by atoms with E-state index in [0.29, 0.717) is 15.1 Å². The highest BCUT2D eigenvalue weighted by Crippen LogP contribution is 2.32. The van der Waals surface area contributed by atoms with Gasteiger partial charge in [0.05, 0.1) is 29.2 Å². The second kappa shape index (κ2) is 11.1. The summed E-state index contributed by atoms with van der Waals surface area (Å²) < 4.78 is 34.2. The van der Waals surface area contributed by atoms with Gasteiger partial charge in [-0.15, -0.1) is 0 Å². The van der Waals surface area contributed by atoms with E-state index in [0.717, 1.165) is 9.21 Å². The summed E-state index contributed by atoms with van der Waals surface area (Å²) >= 11 is 9.61. The van der Waals surface area contributed by atoms with Gasteiger partial charge < -0.3 is 4.74 Å². The molecular formula is C26H22BrClN2O6S. The Balaban J connectivity index is 1.70. The van der Waals surface area contributed by atoms with Gasteiger partial charge in [0.1, 0.15) is 6.04 Å². The molecule has 37 heavy (non-hydrogen) atoms. The molecule has 0 aliphatic carbocycles. The van der Waals surface area contributed by atoms with Crippen LogP contribution >= 0.6 is 27.5 Å². The maximum atomic E-state index is 13.8. The topological polar surface area (TPSA) is 101 Å². The summed E-state index contributed by atoms with van der Waals surface area (Å²) in [5.74, 6) is -1.78. The van der Waals surface area contributed by atoms with Crippen LogP contribution in [0.5, 0.6) is 0 Å². The molecule has 1 aliphatic heterocycles. The highest BCUT2D eigenvalue weighted by atomic mass is 79.9. The molecule has 192 valence electrons. The molecule has 0 spiro atoms. The number of carbonyl (C=O) groups excluding carboxylic acids is 3. The SMILES string of the molecule is CCOC(=O)c1ccc(N2C(=O)CC(N(Cc3ccccc3Cl)S(=O)(=O)c3ccc(Br)cc3)C2=O)cc1. The zero-order chi connectivity index (χ0) is 26.7. The van der Waals surface area contributed by atoms with Crippen LogP contribution in [0.2, 0.25) is 5.02 Å². The van der Waals surface area contributed by atoms with E-state index in [2.05, 4.69) is 15.9 Å². The number of rotatable bonds is 8. The number of nitrogens with zero attached hydrogens (tertiary/aromatic N) is 2. The van der Waals surface area contributed by atoms with Crippen LogP contribution in [0.1, 0.15) is 29.3 Å². The van der Waals surface area contributed by atoms with Gasteiger partial charge in [0.2, 0.25) is 15.9 Å². The third kappa shape index (κ3) is 5.62. The van der Waals surface area contributed by atoms with E-state index in [1.165, 1.54) is 36.4 Å². The molecule has 3 aromatic rings. The van der Waals surface area contributed by atoms with Crippen LogP contribution in [0.25, 0.3) is 0 Å². The number of hydrogen-bond acceptors (Lipinski definition) is 6. The van der Waals surface area contributed by atoms with E-state index in [-0.39, 0.29) is 35.7 Å². The molecule has 8 nitrogen and oxygen atoms in total. The predicted molar refractivity (Wildman–Crippen MR) is 142 cm³/mol. The van der Waals surface area contributed by atoms with Crippen LogP contribution in [0.3, 0.4) is 0 Å². The normalized spacial score (nSPS) is 15.9. The lowest BCUT2D eigenvalue weighted by molar-refractivity contribution is -0.122. The average Bonchev–Trinajstić information content (AvgIpc) is 3.17. The third-order valence-electron chi connectivity index (χ3n) is 5.81. The molecule has 1 aliphatic rings. The fraction of sp³-hybridized carbons (Fsp3) is 0.192. The number of anilines is 1. The quantitative estimate of drug-likeness (QED) is 0.270. The first-order valence-corrected chi connectivity index (χ1v) is 13.9. The minimum atomic E-state index is -4.21. The highest BCUT2D eigenvalue weighted by molar-refractivity contribution is 9.10. The van der Waals surface area contributed by atoms with Crippen molar-refractivity contribution in [1.82, 2.24) is 4.31 Å². The average molecular weight is 606 g/mol. The molecule has 0 aromatic heterocycles. The van der Waals surface area contributed by atoms with Crippen molar-refractivity contribution in [3.05, 3.63) is 93.4 Å². The molecule has 3 aromatic carbocycles. The molecular weight excluding hydrogens is 584 g/mol. The Hall–Kier alpha value is -3.05. The molecule has 1 atom stereocenters. The van der Waals surface area contributed by atoms with Gasteiger partial charge in [-0.1, -0.05) is 45.7 Å². The molecule has 1 heterocycles. The van der Waals surface area contributed by atoms with Gasteiger partial charge in [-0.2, -0.15) is 4.31 Å². The minimum absolute atomic E-state index is 0.0276. The van der Waals surface area contributed by atoms with Crippen molar-refractivity contribution in [2.24, 2.45) is 0 Å². The zero-order valence-corrected chi connectivity index (χ0v) is 22.8. The summed E-state index contributed by atoms with van der Waals surface area (Å²) in [7, 11) is -4.21. The smallest absolute Gasteiger partial charge is 0.338 e. The largest absolute Gasteiger partial charge is 0.462 e. The van der Waals surface area contributed by atoms with Gasteiger partial charge >= 0.3 is 5.97 Å². The number of hydrogen-bond donors (Lipinski definition) is 0.